The molecule has 8 heterocycles. The number of likely N-dealkylation sites (N-methyl/N-ethyl adjacent to an activating group) is 2. The average Bonchev–Trinajstić information content (AvgIpc) is 4.22. The molecule has 26 heteroatoms. The number of nitrogens with one attached hydrogen (secondary N) is 2. The molecule has 0 radical (unpaired) electrons. The Hall–Kier alpha value is -5.80. The SMILES string of the molecule is CCc1nnn([C@H]2C[C@@H](n3cnc4c(N[C@H]5CC[C@H](Nc6nc(N7CC[C@@H](N(C)C)C7)nc7c6ncn7[C@@H]6C[C@H](n7nnc(CC)n7)[C@@H](O)[C@H]6O)CC5)nc(N5CC[C@@H](N(C)C)C5)nc43)[C@H](O)[C@@H]2O)n1. The van der Waals surface area contributed by atoms with Gasteiger partial charge in [0.25, 0.3) is 0 Å². The Morgan fingerprint density at radius 2 is 0.957 bits per heavy atom. The third-order valence-electron chi connectivity index (χ3n) is 15.7. The van der Waals surface area contributed by atoms with Crippen LogP contribution in [-0.2, 0) is 12.8 Å². The summed E-state index contributed by atoms with van der Waals surface area (Å²) in [7, 11) is 8.38. The van der Waals surface area contributed by atoms with Crippen LogP contribution >= 0.6 is 0 Å². The van der Waals surface area contributed by atoms with E-state index >= 15 is 0 Å². The number of rotatable bonds is 14. The first-order valence-corrected chi connectivity index (χ1v) is 25.0. The molecule has 0 unspecified atom stereocenters. The fourth-order valence-corrected chi connectivity index (χ4v) is 11.3. The molecule has 0 aromatic carbocycles. The highest BCUT2D eigenvalue weighted by atomic mass is 16.3. The van der Waals surface area contributed by atoms with Gasteiger partial charge in [-0.25, -0.2) is 9.97 Å². The molecular formula is C44H66N22O4. The Morgan fingerprint density at radius 3 is 1.31 bits per heavy atom. The summed E-state index contributed by atoms with van der Waals surface area (Å²) in [5, 5.41) is 78.6. The van der Waals surface area contributed by atoms with Crippen LogP contribution in [0.1, 0.15) is 101 Å². The monoisotopic (exact) mass is 967 g/mol. The third kappa shape index (κ3) is 8.43. The van der Waals surface area contributed by atoms with Crippen LogP contribution in [0.2, 0.25) is 0 Å². The van der Waals surface area contributed by atoms with Gasteiger partial charge in [0.2, 0.25) is 11.9 Å². The number of aromatic nitrogens is 16. The highest BCUT2D eigenvalue weighted by Crippen LogP contribution is 2.42. The molecule has 0 bridgehead atoms. The number of aryl methyl sites for hydroxylation is 2. The van der Waals surface area contributed by atoms with Gasteiger partial charge in [-0.2, -0.15) is 29.5 Å². The summed E-state index contributed by atoms with van der Waals surface area (Å²) in [6.45, 7) is 7.06. The predicted molar refractivity (Wildman–Crippen MR) is 256 cm³/mol. The van der Waals surface area contributed by atoms with Crippen molar-refractivity contribution in [3.05, 3.63) is 24.3 Å². The second-order valence-electron chi connectivity index (χ2n) is 20.4. The lowest BCUT2D eigenvalue weighted by Gasteiger charge is -2.31. The van der Waals surface area contributed by atoms with Crippen molar-refractivity contribution in [1.29, 1.82) is 0 Å². The van der Waals surface area contributed by atoms with E-state index in [1.165, 1.54) is 9.59 Å². The summed E-state index contributed by atoms with van der Waals surface area (Å²) in [6.07, 6.45) is 6.20. The molecule has 3 saturated carbocycles. The molecule has 376 valence electrons. The highest BCUT2D eigenvalue weighted by molar-refractivity contribution is 5.86. The van der Waals surface area contributed by atoms with Crippen LogP contribution in [0.3, 0.4) is 0 Å². The van der Waals surface area contributed by atoms with E-state index in [0.29, 0.717) is 95.3 Å². The highest BCUT2D eigenvalue weighted by Gasteiger charge is 2.47. The first-order chi connectivity index (χ1) is 33.8. The van der Waals surface area contributed by atoms with E-state index in [2.05, 4.69) is 89.2 Å². The van der Waals surface area contributed by atoms with Gasteiger partial charge in [0.15, 0.2) is 45.6 Å². The zero-order valence-corrected chi connectivity index (χ0v) is 40.7. The van der Waals surface area contributed by atoms with E-state index < -0.39 is 48.6 Å². The van der Waals surface area contributed by atoms with E-state index in [1.807, 2.05) is 23.0 Å². The lowest BCUT2D eigenvalue weighted by Crippen LogP contribution is -2.34. The Bertz CT molecular complexity index is 2600. The summed E-state index contributed by atoms with van der Waals surface area (Å²) in [6, 6.07) is -1.32. The molecule has 11 rings (SSSR count). The summed E-state index contributed by atoms with van der Waals surface area (Å²) in [5.41, 5.74) is 2.37. The molecule has 0 spiro atoms. The number of fused-ring (bicyclic) bond motifs is 2. The molecule has 6 N–H and O–H groups in total. The van der Waals surface area contributed by atoms with Crippen LogP contribution in [0.5, 0.6) is 0 Å². The zero-order chi connectivity index (χ0) is 48.5. The lowest BCUT2D eigenvalue weighted by atomic mass is 9.91. The number of anilines is 4. The number of imidazole rings is 2. The molecule has 2 saturated heterocycles. The number of hydrogen-bond donors (Lipinski definition) is 6. The minimum Gasteiger partial charge on any atom is -0.388 e. The predicted octanol–water partition coefficient (Wildman–Crippen LogP) is -0.00460. The zero-order valence-electron chi connectivity index (χ0n) is 40.7. The number of hydrogen-bond acceptors (Lipinski definition) is 22. The van der Waals surface area contributed by atoms with Crippen molar-refractivity contribution in [2.45, 2.75) is 151 Å². The van der Waals surface area contributed by atoms with Gasteiger partial charge in [0.05, 0.1) is 24.7 Å². The average molecular weight is 967 g/mol. The molecule has 5 aliphatic rings. The molecule has 5 fully saturated rings. The molecular weight excluding hydrogens is 901 g/mol. The largest absolute Gasteiger partial charge is 0.388 e. The molecule has 6 aromatic heterocycles. The molecule has 70 heavy (non-hydrogen) atoms. The van der Waals surface area contributed by atoms with Gasteiger partial charge in [-0.15, -0.1) is 20.4 Å². The smallest absolute Gasteiger partial charge is 0.229 e. The van der Waals surface area contributed by atoms with Gasteiger partial charge in [0, 0.05) is 63.2 Å². The molecule has 6 aromatic rings. The van der Waals surface area contributed by atoms with Crippen LogP contribution in [0.4, 0.5) is 23.5 Å². The molecule has 0 amide bonds. The minimum atomic E-state index is -1.11. The van der Waals surface area contributed by atoms with E-state index in [9.17, 15) is 20.4 Å². The summed E-state index contributed by atoms with van der Waals surface area (Å²) < 4.78 is 3.75. The van der Waals surface area contributed by atoms with Gasteiger partial charge in [0.1, 0.15) is 36.5 Å². The van der Waals surface area contributed by atoms with Gasteiger partial charge >= 0.3 is 0 Å². The molecule has 10 atom stereocenters. The Labute approximate surface area is 404 Å². The van der Waals surface area contributed by atoms with Crippen molar-refractivity contribution in [2.24, 2.45) is 0 Å². The van der Waals surface area contributed by atoms with E-state index in [-0.39, 0.29) is 12.1 Å². The Morgan fingerprint density at radius 1 is 0.557 bits per heavy atom. The van der Waals surface area contributed by atoms with Crippen molar-refractivity contribution in [1.82, 2.24) is 89.3 Å². The lowest BCUT2D eigenvalue weighted by molar-refractivity contribution is 0.00473. The second kappa shape index (κ2) is 18.7. The van der Waals surface area contributed by atoms with E-state index in [4.69, 9.17) is 29.9 Å². The first kappa shape index (κ1) is 46.6. The number of aliphatic hydroxyl groups is 4. The summed E-state index contributed by atoms with van der Waals surface area (Å²) >= 11 is 0. The van der Waals surface area contributed by atoms with E-state index in [0.717, 1.165) is 64.7 Å². The normalized spacial score (nSPS) is 30.6. The van der Waals surface area contributed by atoms with Crippen LogP contribution in [0.15, 0.2) is 12.7 Å². The summed E-state index contributed by atoms with van der Waals surface area (Å²) in [5.74, 6) is 3.62. The minimum absolute atomic E-state index is 0.0838. The Kier molecular flexibility index (Phi) is 12.5. The van der Waals surface area contributed by atoms with Crippen LogP contribution < -0.4 is 20.4 Å². The van der Waals surface area contributed by atoms with Crippen molar-refractivity contribution in [3.8, 4) is 0 Å². The van der Waals surface area contributed by atoms with Crippen LogP contribution in [-0.4, -0.2) is 213 Å². The van der Waals surface area contributed by atoms with Crippen LogP contribution in [0.25, 0.3) is 22.3 Å². The maximum Gasteiger partial charge on any atom is 0.229 e. The van der Waals surface area contributed by atoms with Gasteiger partial charge in [-0.1, -0.05) is 13.8 Å². The first-order valence-electron chi connectivity index (χ1n) is 25.0. The van der Waals surface area contributed by atoms with Gasteiger partial charge in [-0.3, -0.25) is 0 Å². The summed E-state index contributed by atoms with van der Waals surface area (Å²) in [4.78, 5) is 42.0. The quantitative estimate of drug-likeness (QED) is 0.0837. The number of tetrazole rings is 2. The number of nitrogens with zero attached hydrogens (tertiary/aromatic N) is 20. The van der Waals surface area contributed by atoms with Gasteiger partial charge < -0.3 is 59.8 Å². The van der Waals surface area contributed by atoms with Crippen LogP contribution in [0, 0.1) is 0 Å². The fourth-order valence-electron chi connectivity index (χ4n) is 11.3. The molecule has 2 aliphatic heterocycles. The van der Waals surface area contributed by atoms with Crippen molar-refractivity contribution < 1.29 is 20.4 Å². The standard InChI is InChI=1S/C44H66N22O4/c1-7-31-53-57-65(55-31)29-17-27(35(67)37(29)69)63-21-45-33-39(49-43(51-41(33)63)61-15-13-25(19-61)59(3)4)47-23-9-11-24(12-10-23)48-40-34-42(52-44(50-40)62-16-14-26(20-62)60(5)6)64(22-46-34)28-18-30(38(70)36(28)68)66-56-32(8-2)54-58-66/h21-30,35-38,67-70H,7-20H2,1-6H3,(H,47,49,51)(H,48,50,52)/t23-,24-,25-,26-,27-,28-,29+,30+,35+,36+,37-,38-/m1/s1. The number of aliphatic hydroxyl groups excluding tert-OH is 4. The van der Waals surface area contributed by atoms with E-state index in [1.54, 1.807) is 12.7 Å². The maximum absolute atomic E-state index is 11.5. The topological polar surface area (TPSA) is 292 Å². The third-order valence-corrected chi connectivity index (χ3v) is 15.7. The second-order valence-corrected chi connectivity index (χ2v) is 20.4. The fraction of sp³-hybridized carbons (Fsp3) is 0.727. The van der Waals surface area contributed by atoms with Crippen molar-refractivity contribution >= 4 is 45.9 Å². The maximum atomic E-state index is 11.5. The molecule has 26 nitrogen and oxygen atoms in total. The van der Waals surface area contributed by atoms with Crippen molar-refractivity contribution in [2.75, 3.05) is 74.8 Å². The molecule has 3 aliphatic carbocycles. The Balaban J connectivity index is 0.843. The van der Waals surface area contributed by atoms with Crippen molar-refractivity contribution in [3.63, 3.8) is 0 Å². The van der Waals surface area contributed by atoms with Gasteiger partial charge in [-0.05, 0) is 90.0 Å².